The molecule has 0 aliphatic carbocycles. The van der Waals surface area contributed by atoms with Gasteiger partial charge in [0.25, 0.3) is 0 Å². The fourth-order valence-electron chi connectivity index (χ4n) is 1.09. The number of halogens is 1. The molecular formula is C11H17ClN2O. The van der Waals surface area contributed by atoms with Crippen LogP contribution in [0.15, 0.2) is 12.1 Å². The highest BCUT2D eigenvalue weighted by Gasteiger charge is 2.22. The summed E-state index contributed by atoms with van der Waals surface area (Å²) in [7, 11) is 0. The first-order valence-corrected chi connectivity index (χ1v) is 5.30. The lowest BCUT2D eigenvalue weighted by Crippen LogP contribution is -2.39. The van der Waals surface area contributed by atoms with E-state index < -0.39 is 5.60 Å². The zero-order chi connectivity index (χ0) is 11.6. The summed E-state index contributed by atoms with van der Waals surface area (Å²) in [5.41, 5.74) is 0.958. The maximum atomic E-state index is 9.78. The fourth-order valence-corrected chi connectivity index (χ4v) is 1.28. The van der Waals surface area contributed by atoms with Crippen LogP contribution in [0.1, 0.15) is 26.5 Å². The van der Waals surface area contributed by atoms with E-state index in [1.54, 1.807) is 19.9 Å². The lowest BCUT2D eigenvalue weighted by molar-refractivity contribution is 0.0649. The lowest BCUT2D eigenvalue weighted by Gasteiger charge is -2.28. The minimum Gasteiger partial charge on any atom is -0.388 e. The highest BCUT2D eigenvalue weighted by molar-refractivity contribution is 6.29. The quantitative estimate of drug-likeness (QED) is 0.782. The molecule has 0 aliphatic rings. The van der Waals surface area contributed by atoms with Crippen molar-refractivity contribution in [2.75, 3.05) is 5.32 Å². The Morgan fingerprint density at radius 2 is 2.07 bits per heavy atom. The van der Waals surface area contributed by atoms with Crippen molar-refractivity contribution < 1.29 is 5.11 Å². The van der Waals surface area contributed by atoms with E-state index in [9.17, 15) is 5.11 Å². The lowest BCUT2D eigenvalue weighted by atomic mass is 10.0. The van der Waals surface area contributed by atoms with E-state index in [-0.39, 0.29) is 6.04 Å². The van der Waals surface area contributed by atoms with E-state index >= 15 is 0 Å². The summed E-state index contributed by atoms with van der Waals surface area (Å²) in [6.45, 7) is 7.34. The summed E-state index contributed by atoms with van der Waals surface area (Å²) >= 11 is 5.76. The normalized spacial score (nSPS) is 13.7. The van der Waals surface area contributed by atoms with Crippen molar-refractivity contribution in [3.05, 3.63) is 23.0 Å². The number of nitrogens with one attached hydrogen (secondary N) is 1. The van der Waals surface area contributed by atoms with Crippen molar-refractivity contribution >= 4 is 17.3 Å². The van der Waals surface area contributed by atoms with Gasteiger partial charge < -0.3 is 10.4 Å². The highest BCUT2D eigenvalue weighted by Crippen LogP contribution is 2.19. The van der Waals surface area contributed by atoms with Gasteiger partial charge in [-0.2, -0.15) is 0 Å². The van der Waals surface area contributed by atoms with Crippen LogP contribution in [0.2, 0.25) is 5.15 Å². The van der Waals surface area contributed by atoms with Gasteiger partial charge in [0.2, 0.25) is 0 Å². The molecule has 0 fully saturated rings. The molecule has 84 valence electrons. The second-order valence-electron chi connectivity index (χ2n) is 4.29. The minimum absolute atomic E-state index is 0.0563. The third-order valence-corrected chi connectivity index (χ3v) is 2.69. The van der Waals surface area contributed by atoms with Crippen LogP contribution in [0.4, 0.5) is 5.69 Å². The molecule has 0 aliphatic heterocycles. The van der Waals surface area contributed by atoms with E-state index in [1.165, 1.54) is 0 Å². The highest BCUT2D eigenvalue weighted by atomic mass is 35.5. The number of anilines is 1. The Morgan fingerprint density at radius 3 is 2.53 bits per heavy atom. The number of aliphatic hydroxyl groups is 1. The van der Waals surface area contributed by atoms with Crippen LogP contribution in [0.5, 0.6) is 0 Å². The average Bonchev–Trinajstić information content (AvgIpc) is 2.08. The Balaban J connectivity index is 2.82. The van der Waals surface area contributed by atoms with Crippen molar-refractivity contribution in [3.8, 4) is 0 Å². The molecule has 4 heteroatoms. The SMILES string of the molecule is Cc1nc(Cl)ccc1NC(C)C(C)(C)O. The van der Waals surface area contributed by atoms with Crippen LogP contribution < -0.4 is 5.32 Å². The zero-order valence-electron chi connectivity index (χ0n) is 9.50. The Kier molecular flexibility index (Phi) is 3.58. The number of hydrogen-bond acceptors (Lipinski definition) is 3. The Labute approximate surface area is 95.5 Å². The predicted octanol–water partition coefficient (Wildman–Crippen LogP) is 2.61. The standard InChI is InChI=1S/C11H17ClN2O/c1-7-9(5-6-10(12)13-7)14-8(2)11(3,4)15/h5-6,8,14-15H,1-4H3. The second-order valence-corrected chi connectivity index (χ2v) is 4.67. The summed E-state index contributed by atoms with van der Waals surface area (Å²) in [6.07, 6.45) is 0. The maximum absolute atomic E-state index is 9.78. The summed E-state index contributed by atoms with van der Waals surface area (Å²) in [4.78, 5) is 4.13. The number of aromatic nitrogens is 1. The van der Waals surface area contributed by atoms with E-state index in [4.69, 9.17) is 11.6 Å². The fraction of sp³-hybridized carbons (Fsp3) is 0.545. The van der Waals surface area contributed by atoms with Gasteiger partial charge in [0.15, 0.2) is 0 Å². The molecule has 2 N–H and O–H groups in total. The van der Waals surface area contributed by atoms with Gasteiger partial charge in [-0.3, -0.25) is 0 Å². The van der Waals surface area contributed by atoms with Crippen LogP contribution in [0.25, 0.3) is 0 Å². The second kappa shape index (κ2) is 4.37. The zero-order valence-corrected chi connectivity index (χ0v) is 10.3. The summed E-state index contributed by atoms with van der Waals surface area (Å²) in [5, 5.41) is 13.5. The van der Waals surface area contributed by atoms with Crippen molar-refractivity contribution in [1.29, 1.82) is 0 Å². The molecule has 0 spiro atoms. The molecule has 0 bridgehead atoms. The first kappa shape index (κ1) is 12.3. The predicted molar refractivity (Wildman–Crippen MR) is 63.4 cm³/mol. The average molecular weight is 229 g/mol. The van der Waals surface area contributed by atoms with Crippen LogP contribution >= 0.6 is 11.6 Å². The van der Waals surface area contributed by atoms with Crippen molar-refractivity contribution in [1.82, 2.24) is 4.98 Å². The van der Waals surface area contributed by atoms with Crippen LogP contribution in [-0.2, 0) is 0 Å². The van der Waals surface area contributed by atoms with Gasteiger partial charge in [0, 0.05) is 0 Å². The molecule has 1 unspecified atom stereocenters. The van der Waals surface area contributed by atoms with E-state index in [0.29, 0.717) is 5.15 Å². The first-order valence-electron chi connectivity index (χ1n) is 4.93. The summed E-state index contributed by atoms with van der Waals surface area (Å²) in [5.74, 6) is 0. The van der Waals surface area contributed by atoms with Crippen LogP contribution in [0, 0.1) is 6.92 Å². The van der Waals surface area contributed by atoms with Gasteiger partial charge in [0.1, 0.15) is 5.15 Å². The minimum atomic E-state index is -0.772. The van der Waals surface area contributed by atoms with E-state index in [0.717, 1.165) is 11.4 Å². The van der Waals surface area contributed by atoms with E-state index in [2.05, 4.69) is 10.3 Å². The number of aryl methyl sites for hydroxylation is 1. The van der Waals surface area contributed by atoms with Crippen molar-refractivity contribution in [3.63, 3.8) is 0 Å². The molecule has 1 aromatic heterocycles. The topological polar surface area (TPSA) is 45.2 Å². The Morgan fingerprint density at radius 1 is 1.47 bits per heavy atom. The molecule has 0 saturated carbocycles. The van der Waals surface area contributed by atoms with Gasteiger partial charge in [-0.05, 0) is 39.8 Å². The third kappa shape index (κ3) is 3.36. The van der Waals surface area contributed by atoms with Gasteiger partial charge >= 0.3 is 0 Å². The molecule has 1 rings (SSSR count). The number of nitrogens with zero attached hydrogens (tertiary/aromatic N) is 1. The molecule has 1 heterocycles. The number of rotatable bonds is 3. The van der Waals surface area contributed by atoms with E-state index in [1.807, 2.05) is 19.9 Å². The van der Waals surface area contributed by atoms with Crippen molar-refractivity contribution in [2.45, 2.75) is 39.3 Å². The van der Waals surface area contributed by atoms with Crippen molar-refractivity contribution in [2.24, 2.45) is 0 Å². The number of hydrogen-bond donors (Lipinski definition) is 2. The van der Waals surface area contributed by atoms with Gasteiger partial charge in [0.05, 0.1) is 23.0 Å². The smallest absolute Gasteiger partial charge is 0.129 e. The van der Waals surface area contributed by atoms with Crippen LogP contribution in [0.3, 0.4) is 0 Å². The Bertz CT molecular complexity index is 347. The number of pyridine rings is 1. The molecule has 0 amide bonds. The van der Waals surface area contributed by atoms with Crippen LogP contribution in [-0.4, -0.2) is 21.7 Å². The van der Waals surface area contributed by atoms with Gasteiger partial charge in [-0.25, -0.2) is 4.98 Å². The van der Waals surface area contributed by atoms with Gasteiger partial charge in [-0.15, -0.1) is 0 Å². The third-order valence-electron chi connectivity index (χ3n) is 2.48. The molecular weight excluding hydrogens is 212 g/mol. The van der Waals surface area contributed by atoms with Gasteiger partial charge in [-0.1, -0.05) is 11.6 Å². The molecule has 0 aromatic carbocycles. The summed E-state index contributed by atoms with van der Waals surface area (Å²) in [6, 6.07) is 3.54. The molecule has 3 nitrogen and oxygen atoms in total. The summed E-state index contributed by atoms with van der Waals surface area (Å²) < 4.78 is 0. The maximum Gasteiger partial charge on any atom is 0.129 e. The molecule has 1 aromatic rings. The molecule has 0 saturated heterocycles. The largest absolute Gasteiger partial charge is 0.388 e. The molecule has 0 radical (unpaired) electrons. The first-order chi connectivity index (χ1) is 6.80. The Hall–Kier alpha value is -0.800. The monoisotopic (exact) mass is 228 g/mol. The molecule has 15 heavy (non-hydrogen) atoms. The molecule has 1 atom stereocenters.